The summed E-state index contributed by atoms with van der Waals surface area (Å²) in [6, 6.07) is 0. The maximum atomic E-state index is 10.7. The number of nitrogens with zero attached hydrogens (tertiary/aromatic N) is 1. The van der Waals surface area contributed by atoms with E-state index in [4.69, 9.17) is 5.26 Å². The Morgan fingerprint density at radius 2 is 2.60 bits per heavy atom. The zero-order valence-electron chi connectivity index (χ0n) is 5.83. The molecule has 0 rings (SSSR count). The highest BCUT2D eigenvalue weighted by molar-refractivity contribution is 5.74. The molecule has 3 nitrogen and oxygen atoms in total. The second-order valence-corrected chi connectivity index (χ2v) is 1.76. The molecule has 1 atom stereocenters. The molecule has 0 radical (unpaired) electrons. The van der Waals surface area contributed by atoms with Crippen LogP contribution in [-0.2, 0) is 9.53 Å². The first-order valence-electron chi connectivity index (χ1n) is 2.98. The van der Waals surface area contributed by atoms with Gasteiger partial charge >= 0.3 is 5.97 Å². The fraction of sp³-hybridized carbons (Fsp3) is 0.429. The Kier molecular flexibility index (Phi) is 3.97. The normalized spacial score (nSPS) is 11.2. The fourth-order valence-electron chi connectivity index (χ4n) is 0.550. The standard InChI is InChI=1S/C7H9NO2/c1-3-6(4-2)7(9)10-5-8/h3,6H,1,4H2,2H3. The van der Waals surface area contributed by atoms with E-state index in [9.17, 15) is 4.79 Å². The number of hydrogen-bond donors (Lipinski definition) is 0. The summed E-state index contributed by atoms with van der Waals surface area (Å²) >= 11 is 0. The van der Waals surface area contributed by atoms with Gasteiger partial charge in [-0.3, -0.25) is 4.79 Å². The van der Waals surface area contributed by atoms with E-state index >= 15 is 0 Å². The van der Waals surface area contributed by atoms with Crippen molar-refractivity contribution in [1.29, 1.82) is 5.26 Å². The lowest BCUT2D eigenvalue weighted by atomic mass is 10.1. The van der Waals surface area contributed by atoms with Crippen LogP contribution >= 0.6 is 0 Å². The topological polar surface area (TPSA) is 50.1 Å². The molecule has 0 spiro atoms. The number of rotatable bonds is 3. The van der Waals surface area contributed by atoms with Crippen LogP contribution in [0.3, 0.4) is 0 Å². The molecule has 0 aromatic carbocycles. The summed E-state index contributed by atoms with van der Waals surface area (Å²) < 4.78 is 4.08. The lowest BCUT2D eigenvalue weighted by molar-refractivity contribution is -0.140. The van der Waals surface area contributed by atoms with Gasteiger partial charge in [0.15, 0.2) is 0 Å². The van der Waals surface area contributed by atoms with Crippen LogP contribution in [0.1, 0.15) is 13.3 Å². The minimum absolute atomic E-state index is 0.348. The lowest BCUT2D eigenvalue weighted by Crippen LogP contribution is -2.11. The van der Waals surface area contributed by atoms with E-state index in [1.165, 1.54) is 12.3 Å². The predicted molar refractivity (Wildman–Crippen MR) is 35.7 cm³/mol. The van der Waals surface area contributed by atoms with Gasteiger partial charge in [0.2, 0.25) is 0 Å². The summed E-state index contributed by atoms with van der Waals surface area (Å²) in [4.78, 5) is 10.7. The average molecular weight is 139 g/mol. The second kappa shape index (κ2) is 4.57. The van der Waals surface area contributed by atoms with E-state index in [0.717, 1.165) is 0 Å². The van der Waals surface area contributed by atoms with Crippen LogP contribution in [-0.4, -0.2) is 5.97 Å². The highest BCUT2D eigenvalue weighted by Crippen LogP contribution is 2.04. The van der Waals surface area contributed by atoms with Crippen LogP contribution in [0.15, 0.2) is 12.7 Å². The van der Waals surface area contributed by atoms with Gasteiger partial charge in [-0.05, 0) is 6.42 Å². The van der Waals surface area contributed by atoms with Crippen molar-refractivity contribution in [1.82, 2.24) is 0 Å². The molecule has 0 aliphatic carbocycles. The molecule has 54 valence electrons. The Hall–Kier alpha value is -1.30. The van der Waals surface area contributed by atoms with Crippen molar-refractivity contribution < 1.29 is 9.53 Å². The minimum atomic E-state index is -0.528. The molecule has 0 aromatic heterocycles. The van der Waals surface area contributed by atoms with Crippen molar-refractivity contribution in [2.45, 2.75) is 13.3 Å². The highest BCUT2D eigenvalue weighted by Gasteiger charge is 2.13. The van der Waals surface area contributed by atoms with E-state index in [2.05, 4.69) is 11.3 Å². The molecule has 0 heterocycles. The van der Waals surface area contributed by atoms with E-state index in [1.807, 2.05) is 6.92 Å². The van der Waals surface area contributed by atoms with E-state index in [1.54, 1.807) is 0 Å². The van der Waals surface area contributed by atoms with Gasteiger partial charge in [0, 0.05) is 0 Å². The SMILES string of the molecule is C=CC(CC)C(=O)OC#N. The van der Waals surface area contributed by atoms with Crippen molar-refractivity contribution in [3.05, 3.63) is 12.7 Å². The Balaban J connectivity index is 3.91. The molecule has 1 unspecified atom stereocenters. The summed E-state index contributed by atoms with van der Waals surface area (Å²) in [5.74, 6) is -0.875. The monoisotopic (exact) mass is 139 g/mol. The molecule has 0 fully saturated rings. The van der Waals surface area contributed by atoms with Gasteiger partial charge in [-0.2, -0.15) is 0 Å². The van der Waals surface area contributed by atoms with Gasteiger partial charge in [0.1, 0.15) is 0 Å². The summed E-state index contributed by atoms with van der Waals surface area (Å²) in [6.45, 7) is 5.25. The first-order valence-corrected chi connectivity index (χ1v) is 2.98. The third-order valence-electron chi connectivity index (χ3n) is 1.17. The summed E-state index contributed by atoms with van der Waals surface area (Å²) in [6.07, 6.45) is 3.41. The van der Waals surface area contributed by atoms with Crippen LogP contribution in [0.25, 0.3) is 0 Å². The van der Waals surface area contributed by atoms with Crippen molar-refractivity contribution in [2.24, 2.45) is 5.92 Å². The summed E-state index contributed by atoms with van der Waals surface area (Å²) in [5, 5.41) is 7.95. The van der Waals surface area contributed by atoms with Crippen LogP contribution < -0.4 is 0 Å². The number of carbonyl (C=O) groups excluding carboxylic acids is 1. The zero-order chi connectivity index (χ0) is 7.98. The Bertz CT molecular complexity index is 169. The van der Waals surface area contributed by atoms with Gasteiger partial charge in [-0.15, -0.1) is 11.8 Å². The molecule has 0 N–H and O–H groups in total. The highest BCUT2D eigenvalue weighted by atomic mass is 16.5. The summed E-state index contributed by atoms with van der Waals surface area (Å²) in [7, 11) is 0. The van der Waals surface area contributed by atoms with Crippen LogP contribution in [0, 0.1) is 17.4 Å². The van der Waals surface area contributed by atoms with Crippen LogP contribution in [0.2, 0.25) is 0 Å². The molecular weight excluding hydrogens is 130 g/mol. The number of carbonyl (C=O) groups is 1. The molecule has 0 bridgehead atoms. The molecule has 3 heteroatoms. The predicted octanol–water partition coefficient (Wildman–Crippen LogP) is 1.22. The molecule has 0 amide bonds. The van der Waals surface area contributed by atoms with E-state index in [0.29, 0.717) is 6.42 Å². The number of hydrogen-bond acceptors (Lipinski definition) is 3. The van der Waals surface area contributed by atoms with Crippen molar-refractivity contribution in [3.63, 3.8) is 0 Å². The molecule has 0 aliphatic heterocycles. The van der Waals surface area contributed by atoms with Crippen LogP contribution in [0.5, 0.6) is 0 Å². The maximum absolute atomic E-state index is 10.7. The smallest absolute Gasteiger partial charge is 0.328 e. The lowest BCUT2D eigenvalue weighted by Gasteiger charge is -2.02. The first-order chi connectivity index (χ1) is 4.76. The first kappa shape index (κ1) is 8.70. The van der Waals surface area contributed by atoms with Gasteiger partial charge in [0.05, 0.1) is 5.92 Å². The minimum Gasteiger partial charge on any atom is -0.351 e. The number of nitriles is 1. The van der Waals surface area contributed by atoms with Crippen molar-refractivity contribution >= 4 is 5.97 Å². The quantitative estimate of drug-likeness (QED) is 0.335. The largest absolute Gasteiger partial charge is 0.351 e. The second-order valence-electron chi connectivity index (χ2n) is 1.76. The Morgan fingerprint density at radius 1 is 2.00 bits per heavy atom. The van der Waals surface area contributed by atoms with Crippen molar-refractivity contribution in [2.75, 3.05) is 0 Å². The Labute approximate surface area is 59.9 Å². The van der Waals surface area contributed by atoms with E-state index in [-0.39, 0.29) is 5.92 Å². The molecular formula is C7H9NO2. The zero-order valence-corrected chi connectivity index (χ0v) is 5.83. The third kappa shape index (κ3) is 2.31. The Morgan fingerprint density at radius 3 is 2.90 bits per heavy atom. The van der Waals surface area contributed by atoms with Crippen LogP contribution in [0.4, 0.5) is 0 Å². The van der Waals surface area contributed by atoms with Gasteiger partial charge in [-0.25, -0.2) is 0 Å². The molecule has 0 aromatic rings. The molecule has 0 saturated heterocycles. The average Bonchev–Trinajstić information content (AvgIpc) is 1.91. The van der Waals surface area contributed by atoms with Gasteiger partial charge in [-0.1, -0.05) is 13.0 Å². The molecule has 10 heavy (non-hydrogen) atoms. The van der Waals surface area contributed by atoms with Gasteiger partial charge in [0.25, 0.3) is 6.26 Å². The summed E-state index contributed by atoms with van der Waals surface area (Å²) in [5.41, 5.74) is 0. The van der Waals surface area contributed by atoms with Gasteiger partial charge < -0.3 is 4.74 Å². The number of esters is 1. The third-order valence-corrected chi connectivity index (χ3v) is 1.17. The maximum Gasteiger partial charge on any atom is 0.328 e. The van der Waals surface area contributed by atoms with E-state index < -0.39 is 5.97 Å². The molecule has 0 aliphatic rings. The fourth-order valence-corrected chi connectivity index (χ4v) is 0.550. The number of ether oxygens (including phenoxy) is 1. The molecule has 0 saturated carbocycles. The van der Waals surface area contributed by atoms with Crippen molar-refractivity contribution in [3.8, 4) is 6.26 Å².